The lowest BCUT2D eigenvalue weighted by Crippen LogP contribution is -2.02. The third-order valence-corrected chi connectivity index (χ3v) is 4.06. The minimum atomic E-state index is -0.159. The van der Waals surface area contributed by atoms with E-state index in [1.54, 1.807) is 36.8 Å². The van der Waals surface area contributed by atoms with Crippen LogP contribution < -0.4 is 0 Å². The molecule has 0 fully saturated rings. The Morgan fingerprint density at radius 2 is 1.21 bits per heavy atom. The predicted octanol–water partition coefficient (Wildman–Crippen LogP) is 5.24. The fourth-order valence-corrected chi connectivity index (χ4v) is 2.73. The molecule has 0 radical (unpaired) electrons. The van der Waals surface area contributed by atoms with Crippen molar-refractivity contribution in [2.75, 3.05) is 0 Å². The molecule has 5 nitrogen and oxygen atoms in total. The molecule has 0 N–H and O–H groups in total. The summed E-state index contributed by atoms with van der Waals surface area (Å²) in [5.74, 6) is 2.12. The van der Waals surface area contributed by atoms with Gasteiger partial charge in [0.05, 0.1) is 23.7 Å². The highest BCUT2D eigenvalue weighted by Gasteiger charge is 2.24. The van der Waals surface area contributed by atoms with Crippen molar-refractivity contribution in [1.82, 2.24) is 0 Å². The molecule has 24 heavy (non-hydrogen) atoms. The molecule has 4 rings (SSSR count). The first-order valence-corrected chi connectivity index (χ1v) is 7.45. The lowest BCUT2D eigenvalue weighted by molar-refractivity contribution is 0.103. The van der Waals surface area contributed by atoms with Crippen molar-refractivity contribution in [2.45, 2.75) is 13.8 Å². The SMILES string of the molecule is Cc1c(C(=O)c2coc(-c3ccco3)c2C)coc1-c1ccco1. The van der Waals surface area contributed by atoms with Crippen molar-refractivity contribution in [3.8, 4) is 23.0 Å². The first-order valence-electron chi connectivity index (χ1n) is 7.45. The second-order valence-electron chi connectivity index (χ2n) is 5.49. The predicted molar refractivity (Wildman–Crippen MR) is 85.7 cm³/mol. The molecule has 5 heteroatoms. The van der Waals surface area contributed by atoms with Gasteiger partial charge in [0.15, 0.2) is 28.8 Å². The molecule has 120 valence electrons. The highest BCUT2D eigenvalue weighted by atomic mass is 16.4. The molecule has 4 aromatic heterocycles. The number of rotatable bonds is 4. The molecule has 0 spiro atoms. The number of carbonyl (C=O) groups excluding carboxylic acids is 1. The molecule has 0 atom stereocenters. The molecule has 4 heterocycles. The molecule has 0 unspecified atom stereocenters. The fourth-order valence-electron chi connectivity index (χ4n) is 2.73. The topological polar surface area (TPSA) is 69.6 Å². The minimum Gasteiger partial charge on any atom is -0.461 e. The summed E-state index contributed by atoms with van der Waals surface area (Å²) in [5.41, 5.74) is 2.43. The van der Waals surface area contributed by atoms with Crippen molar-refractivity contribution in [1.29, 1.82) is 0 Å². The van der Waals surface area contributed by atoms with Gasteiger partial charge in [0.1, 0.15) is 12.5 Å². The summed E-state index contributed by atoms with van der Waals surface area (Å²) in [7, 11) is 0. The van der Waals surface area contributed by atoms with Crippen molar-refractivity contribution in [2.24, 2.45) is 0 Å². The zero-order valence-electron chi connectivity index (χ0n) is 13.2. The largest absolute Gasteiger partial charge is 0.461 e. The number of hydrogen-bond donors (Lipinski definition) is 0. The fraction of sp³-hybridized carbons (Fsp3) is 0.105. The second-order valence-corrected chi connectivity index (χ2v) is 5.49. The summed E-state index contributed by atoms with van der Waals surface area (Å²) in [5, 5.41) is 0. The van der Waals surface area contributed by atoms with E-state index < -0.39 is 0 Å². The van der Waals surface area contributed by atoms with Gasteiger partial charge in [-0.3, -0.25) is 4.79 Å². The average Bonchev–Trinajstić information content (AvgIpc) is 3.34. The van der Waals surface area contributed by atoms with E-state index >= 15 is 0 Å². The molecule has 0 aromatic carbocycles. The number of carbonyl (C=O) groups is 1. The van der Waals surface area contributed by atoms with E-state index in [1.807, 2.05) is 13.8 Å². The van der Waals surface area contributed by atoms with Crippen molar-refractivity contribution in [3.63, 3.8) is 0 Å². The van der Waals surface area contributed by atoms with Gasteiger partial charge in [0.25, 0.3) is 0 Å². The number of furan rings is 4. The maximum atomic E-state index is 12.9. The summed E-state index contributed by atoms with van der Waals surface area (Å²) in [6, 6.07) is 7.12. The van der Waals surface area contributed by atoms with E-state index in [1.165, 1.54) is 12.5 Å². The van der Waals surface area contributed by atoms with Crippen LogP contribution in [-0.4, -0.2) is 5.78 Å². The molecule has 0 saturated heterocycles. The van der Waals surface area contributed by atoms with Gasteiger partial charge in [-0.1, -0.05) is 0 Å². The summed E-state index contributed by atoms with van der Waals surface area (Å²) < 4.78 is 21.8. The zero-order chi connectivity index (χ0) is 16.7. The Morgan fingerprint density at radius 1 is 0.750 bits per heavy atom. The van der Waals surface area contributed by atoms with Crippen LogP contribution in [0.3, 0.4) is 0 Å². The summed E-state index contributed by atoms with van der Waals surface area (Å²) in [4.78, 5) is 12.9. The van der Waals surface area contributed by atoms with Crippen LogP contribution in [0.4, 0.5) is 0 Å². The van der Waals surface area contributed by atoms with E-state index in [0.29, 0.717) is 34.2 Å². The Balaban J connectivity index is 1.73. The van der Waals surface area contributed by atoms with Gasteiger partial charge in [-0.15, -0.1) is 0 Å². The van der Waals surface area contributed by atoms with Gasteiger partial charge in [-0.05, 0) is 38.1 Å². The Hall–Kier alpha value is -3.21. The highest BCUT2D eigenvalue weighted by Crippen LogP contribution is 2.33. The lowest BCUT2D eigenvalue weighted by Gasteiger charge is -1.99. The maximum Gasteiger partial charge on any atom is 0.200 e. The molecule has 0 bridgehead atoms. The van der Waals surface area contributed by atoms with E-state index in [4.69, 9.17) is 17.7 Å². The van der Waals surface area contributed by atoms with Crippen LogP contribution in [0.2, 0.25) is 0 Å². The van der Waals surface area contributed by atoms with Crippen molar-refractivity contribution < 1.29 is 22.5 Å². The molecule has 0 aliphatic rings. The first-order chi connectivity index (χ1) is 11.7. The van der Waals surface area contributed by atoms with Crippen molar-refractivity contribution in [3.05, 3.63) is 71.6 Å². The third kappa shape index (κ3) is 2.13. The standard InChI is InChI=1S/C19H14O5/c1-11-13(9-23-18(11)15-5-3-7-21-15)17(20)14-10-24-19(12(14)2)16-6-4-8-22-16/h3-10H,1-2H3. The molecule has 0 saturated carbocycles. The number of ketones is 1. The van der Waals surface area contributed by atoms with Gasteiger partial charge < -0.3 is 17.7 Å². The first kappa shape index (κ1) is 14.4. The Morgan fingerprint density at radius 3 is 1.58 bits per heavy atom. The van der Waals surface area contributed by atoms with E-state index in [0.717, 1.165) is 11.1 Å². The summed E-state index contributed by atoms with van der Waals surface area (Å²) in [6.07, 6.45) is 6.03. The smallest absolute Gasteiger partial charge is 0.200 e. The van der Waals surface area contributed by atoms with Gasteiger partial charge in [-0.25, -0.2) is 0 Å². The average molecular weight is 322 g/mol. The van der Waals surface area contributed by atoms with Gasteiger partial charge >= 0.3 is 0 Å². The molecule has 0 amide bonds. The van der Waals surface area contributed by atoms with Crippen LogP contribution >= 0.6 is 0 Å². The monoisotopic (exact) mass is 322 g/mol. The number of hydrogen-bond acceptors (Lipinski definition) is 5. The maximum absolute atomic E-state index is 12.9. The van der Waals surface area contributed by atoms with Crippen molar-refractivity contribution >= 4 is 5.78 Å². The Bertz CT molecular complexity index is 901. The van der Waals surface area contributed by atoms with Crippen LogP contribution in [0, 0.1) is 13.8 Å². The van der Waals surface area contributed by atoms with E-state index in [9.17, 15) is 4.79 Å². The summed E-state index contributed by atoms with van der Waals surface area (Å²) in [6.45, 7) is 3.66. The van der Waals surface area contributed by atoms with Crippen LogP contribution in [0.15, 0.2) is 67.0 Å². The normalized spacial score (nSPS) is 11.1. The highest BCUT2D eigenvalue weighted by molar-refractivity contribution is 6.11. The van der Waals surface area contributed by atoms with E-state index in [-0.39, 0.29) is 5.78 Å². The minimum absolute atomic E-state index is 0.159. The van der Waals surface area contributed by atoms with Crippen LogP contribution in [0.1, 0.15) is 27.0 Å². The zero-order valence-corrected chi connectivity index (χ0v) is 13.2. The Kier molecular flexibility index (Phi) is 3.27. The summed E-state index contributed by atoms with van der Waals surface area (Å²) >= 11 is 0. The second kappa shape index (κ2) is 5.45. The molecular weight excluding hydrogens is 308 g/mol. The molecule has 4 aromatic rings. The quantitative estimate of drug-likeness (QED) is 0.480. The molecular formula is C19H14O5. The lowest BCUT2D eigenvalue weighted by atomic mass is 10.00. The van der Waals surface area contributed by atoms with E-state index in [2.05, 4.69) is 0 Å². The molecule has 0 aliphatic heterocycles. The van der Waals surface area contributed by atoms with Gasteiger partial charge in [-0.2, -0.15) is 0 Å². The van der Waals surface area contributed by atoms with Crippen LogP contribution in [-0.2, 0) is 0 Å². The Labute approximate surface area is 137 Å². The van der Waals surface area contributed by atoms with Gasteiger partial charge in [0, 0.05) is 11.1 Å². The van der Waals surface area contributed by atoms with Crippen LogP contribution in [0.5, 0.6) is 0 Å². The molecule has 0 aliphatic carbocycles. The van der Waals surface area contributed by atoms with Crippen LogP contribution in [0.25, 0.3) is 23.0 Å². The third-order valence-electron chi connectivity index (χ3n) is 4.06. The van der Waals surface area contributed by atoms with Gasteiger partial charge in [0.2, 0.25) is 0 Å².